The number of rotatable bonds is 7. The molecule has 6 heteroatoms. The van der Waals surface area contributed by atoms with E-state index in [2.05, 4.69) is 0 Å². The van der Waals surface area contributed by atoms with Crippen LogP contribution in [0, 0.1) is 0 Å². The third-order valence-electron chi connectivity index (χ3n) is 1.66. The summed E-state index contributed by atoms with van der Waals surface area (Å²) in [6, 6.07) is 0. The van der Waals surface area contributed by atoms with Crippen LogP contribution in [0.1, 0.15) is 13.3 Å². The minimum absolute atomic E-state index is 0.0646. The van der Waals surface area contributed by atoms with Gasteiger partial charge in [0.15, 0.2) is 0 Å². The molecule has 0 aromatic heterocycles. The number of carboxylic acid groups (broad SMARTS) is 2. The highest BCUT2D eigenvalue weighted by Gasteiger charge is 2.16. The Balaban J connectivity index is 4.09. The second kappa shape index (κ2) is 6.33. The monoisotopic (exact) mass is 205 g/mol. The van der Waals surface area contributed by atoms with Crippen molar-refractivity contribution in [1.29, 1.82) is 0 Å². The fraction of sp³-hybridized carbons (Fsp3) is 0.750. The van der Waals surface area contributed by atoms with E-state index in [9.17, 15) is 14.7 Å². The standard InChI is InChI=1S/C8H15NO5/c1-2-6(10)3-9(4-7(11)12)5-8(13)14/h6,10H,2-5H2,1H3,(H,11,12)(H,13,14). The van der Waals surface area contributed by atoms with Gasteiger partial charge in [0.2, 0.25) is 0 Å². The van der Waals surface area contributed by atoms with Crippen molar-refractivity contribution in [3.8, 4) is 0 Å². The van der Waals surface area contributed by atoms with E-state index in [1.54, 1.807) is 6.92 Å². The van der Waals surface area contributed by atoms with E-state index in [-0.39, 0.29) is 19.6 Å². The molecule has 0 aliphatic carbocycles. The van der Waals surface area contributed by atoms with Gasteiger partial charge in [-0.05, 0) is 6.42 Å². The first kappa shape index (κ1) is 12.9. The predicted octanol–water partition coefficient (Wildman–Crippen LogP) is -0.771. The Labute approximate surface area is 81.8 Å². The lowest BCUT2D eigenvalue weighted by Crippen LogP contribution is -2.39. The van der Waals surface area contributed by atoms with E-state index in [1.165, 1.54) is 4.90 Å². The Morgan fingerprint density at radius 3 is 1.93 bits per heavy atom. The number of hydrogen-bond donors (Lipinski definition) is 3. The first-order chi connectivity index (χ1) is 6.45. The maximum absolute atomic E-state index is 10.3. The summed E-state index contributed by atoms with van der Waals surface area (Å²) in [5.74, 6) is -2.20. The Kier molecular flexibility index (Phi) is 5.82. The summed E-state index contributed by atoms with van der Waals surface area (Å²) in [6.07, 6.45) is -0.218. The third-order valence-corrected chi connectivity index (χ3v) is 1.66. The summed E-state index contributed by atoms with van der Waals surface area (Å²) in [6.45, 7) is 1.06. The molecule has 0 saturated carbocycles. The molecule has 1 unspecified atom stereocenters. The van der Waals surface area contributed by atoms with E-state index >= 15 is 0 Å². The summed E-state index contributed by atoms with van der Waals surface area (Å²) in [4.78, 5) is 21.9. The van der Waals surface area contributed by atoms with Gasteiger partial charge in [0.05, 0.1) is 19.2 Å². The molecule has 14 heavy (non-hydrogen) atoms. The van der Waals surface area contributed by atoms with Gasteiger partial charge >= 0.3 is 11.9 Å². The Bertz CT molecular complexity index is 190. The van der Waals surface area contributed by atoms with Crippen molar-refractivity contribution < 1.29 is 24.9 Å². The fourth-order valence-electron chi connectivity index (χ4n) is 0.995. The highest BCUT2D eigenvalue weighted by Crippen LogP contribution is 1.96. The van der Waals surface area contributed by atoms with Gasteiger partial charge in [0, 0.05) is 6.54 Å². The number of aliphatic carboxylic acids is 2. The van der Waals surface area contributed by atoms with Crippen LogP contribution in [0.4, 0.5) is 0 Å². The zero-order valence-electron chi connectivity index (χ0n) is 8.01. The van der Waals surface area contributed by atoms with Crippen LogP contribution >= 0.6 is 0 Å². The van der Waals surface area contributed by atoms with Crippen LogP contribution in [-0.4, -0.2) is 57.9 Å². The zero-order chi connectivity index (χ0) is 11.1. The summed E-state index contributed by atoms with van der Waals surface area (Å²) >= 11 is 0. The molecule has 0 amide bonds. The Hall–Kier alpha value is -1.14. The van der Waals surface area contributed by atoms with Crippen LogP contribution in [0.25, 0.3) is 0 Å². The maximum Gasteiger partial charge on any atom is 0.317 e. The molecule has 0 aromatic rings. The molecular formula is C8H15NO5. The van der Waals surface area contributed by atoms with Gasteiger partial charge in [-0.15, -0.1) is 0 Å². The molecule has 0 aliphatic rings. The molecule has 0 saturated heterocycles. The largest absolute Gasteiger partial charge is 0.480 e. The number of carbonyl (C=O) groups is 2. The molecule has 0 rings (SSSR count). The normalized spacial score (nSPS) is 12.8. The molecule has 0 fully saturated rings. The van der Waals surface area contributed by atoms with Crippen LogP contribution in [0.5, 0.6) is 0 Å². The topological polar surface area (TPSA) is 98.1 Å². The summed E-state index contributed by atoms with van der Waals surface area (Å²) in [7, 11) is 0. The number of nitrogens with zero attached hydrogens (tertiary/aromatic N) is 1. The van der Waals surface area contributed by atoms with Gasteiger partial charge in [-0.2, -0.15) is 0 Å². The van der Waals surface area contributed by atoms with Gasteiger partial charge in [0.1, 0.15) is 0 Å². The Morgan fingerprint density at radius 2 is 1.64 bits per heavy atom. The van der Waals surface area contributed by atoms with Gasteiger partial charge in [-0.25, -0.2) is 0 Å². The molecule has 1 atom stereocenters. The van der Waals surface area contributed by atoms with Crippen molar-refractivity contribution >= 4 is 11.9 Å². The molecule has 3 N–H and O–H groups in total. The zero-order valence-corrected chi connectivity index (χ0v) is 8.01. The van der Waals surface area contributed by atoms with Crippen molar-refractivity contribution in [2.45, 2.75) is 19.4 Å². The van der Waals surface area contributed by atoms with Crippen molar-refractivity contribution in [2.24, 2.45) is 0 Å². The van der Waals surface area contributed by atoms with Crippen molar-refractivity contribution in [2.75, 3.05) is 19.6 Å². The van der Waals surface area contributed by atoms with Crippen molar-refractivity contribution in [1.82, 2.24) is 4.90 Å². The minimum atomic E-state index is -1.10. The summed E-state index contributed by atoms with van der Waals surface area (Å²) in [5, 5.41) is 26.2. The minimum Gasteiger partial charge on any atom is -0.480 e. The average Bonchev–Trinajstić information content (AvgIpc) is 2.01. The van der Waals surface area contributed by atoms with Crippen LogP contribution in [0.3, 0.4) is 0 Å². The molecule has 0 aliphatic heterocycles. The molecule has 0 bridgehead atoms. The quantitative estimate of drug-likeness (QED) is 0.504. The first-order valence-electron chi connectivity index (χ1n) is 4.29. The lowest BCUT2D eigenvalue weighted by Gasteiger charge is -2.20. The molecular weight excluding hydrogens is 190 g/mol. The van der Waals surface area contributed by atoms with Crippen LogP contribution < -0.4 is 0 Å². The van der Waals surface area contributed by atoms with Gasteiger partial charge in [-0.3, -0.25) is 14.5 Å². The highest BCUT2D eigenvalue weighted by atomic mass is 16.4. The van der Waals surface area contributed by atoms with Crippen LogP contribution in [0.2, 0.25) is 0 Å². The molecule has 0 radical (unpaired) electrons. The molecule has 6 nitrogen and oxygen atoms in total. The molecule has 82 valence electrons. The smallest absolute Gasteiger partial charge is 0.317 e. The van der Waals surface area contributed by atoms with Gasteiger partial charge in [-0.1, -0.05) is 6.92 Å². The summed E-state index contributed by atoms with van der Waals surface area (Å²) < 4.78 is 0. The van der Waals surface area contributed by atoms with Gasteiger partial charge < -0.3 is 15.3 Å². The maximum atomic E-state index is 10.3. The number of aliphatic hydroxyl groups is 1. The number of aliphatic hydroxyl groups excluding tert-OH is 1. The predicted molar refractivity (Wildman–Crippen MR) is 48.0 cm³/mol. The summed E-state index contributed by atoms with van der Waals surface area (Å²) in [5.41, 5.74) is 0. The fourth-order valence-corrected chi connectivity index (χ4v) is 0.995. The van der Waals surface area contributed by atoms with Crippen molar-refractivity contribution in [3.63, 3.8) is 0 Å². The second-order valence-electron chi connectivity index (χ2n) is 3.02. The highest BCUT2D eigenvalue weighted by molar-refractivity contribution is 5.72. The van der Waals surface area contributed by atoms with Crippen molar-refractivity contribution in [3.05, 3.63) is 0 Å². The number of carboxylic acids is 2. The van der Waals surface area contributed by atoms with Gasteiger partial charge in [0.25, 0.3) is 0 Å². The van der Waals surface area contributed by atoms with E-state index in [1.807, 2.05) is 0 Å². The van der Waals surface area contributed by atoms with E-state index in [0.717, 1.165) is 0 Å². The SMILES string of the molecule is CCC(O)CN(CC(=O)O)CC(=O)O. The lowest BCUT2D eigenvalue weighted by atomic mass is 10.2. The average molecular weight is 205 g/mol. The molecule has 0 spiro atoms. The molecule has 0 aromatic carbocycles. The van der Waals surface area contributed by atoms with E-state index < -0.39 is 18.0 Å². The second-order valence-corrected chi connectivity index (χ2v) is 3.02. The first-order valence-corrected chi connectivity index (χ1v) is 4.29. The Morgan fingerprint density at radius 1 is 1.21 bits per heavy atom. The third kappa shape index (κ3) is 6.38. The van der Waals surface area contributed by atoms with Crippen LogP contribution in [0.15, 0.2) is 0 Å². The molecule has 0 heterocycles. The van der Waals surface area contributed by atoms with E-state index in [4.69, 9.17) is 10.2 Å². The van der Waals surface area contributed by atoms with E-state index in [0.29, 0.717) is 6.42 Å². The van der Waals surface area contributed by atoms with Crippen LogP contribution in [-0.2, 0) is 9.59 Å². The number of hydrogen-bond acceptors (Lipinski definition) is 4. The lowest BCUT2D eigenvalue weighted by molar-refractivity contribution is -0.142.